The van der Waals surface area contributed by atoms with Crippen molar-refractivity contribution in [1.29, 1.82) is 0 Å². The molecule has 1 aromatic carbocycles. The number of nitrogens with zero attached hydrogens (tertiary/aromatic N) is 6. The lowest BCUT2D eigenvalue weighted by Gasteiger charge is -2.34. The number of hydrogen-bond donors (Lipinski definition) is 0. The number of likely N-dealkylation sites (N-methyl/N-ethyl adjacent to an activating group) is 1. The molecule has 1 amide bonds. The Morgan fingerprint density at radius 2 is 1.91 bits per heavy atom. The number of hydrogen-bond acceptors (Lipinski definition) is 6. The molecule has 0 saturated carbocycles. The van der Waals surface area contributed by atoms with E-state index in [4.69, 9.17) is 0 Å². The zero-order valence-corrected chi connectivity index (χ0v) is 20.8. The maximum absolute atomic E-state index is 13.8. The summed E-state index contributed by atoms with van der Waals surface area (Å²) in [5, 5.41) is 6.44. The van der Waals surface area contributed by atoms with Crippen molar-refractivity contribution in [2.24, 2.45) is 0 Å². The molecule has 4 heterocycles. The standard InChI is InChI=1S/C25H27FN6O2S/c1-4-29-8-10-30(11-9-29)22(33)14-20-15-35-25-27-17(3)23(24(34)31(20)25)21-12-16(2)32(28-21)19-7-5-6-18(26)13-19/h5-7,12-13,15H,4,8-11,14H2,1-3H3. The minimum Gasteiger partial charge on any atom is -0.340 e. The molecule has 1 fully saturated rings. The summed E-state index contributed by atoms with van der Waals surface area (Å²) in [5.74, 6) is -0.345. The van der Waals surface area contributed by atoms with Crippen molar-refractivity contribution in [3.8, 4) is 16.9 Å². The molecule has 0 radical (unpaired) electrons. The predicted octanol–water partition coefficient (Wildman–Crippen LogP) is 3.07. The van der Waals surface area contributed by atoms with E-state index in [0.717, 1.165) is 25.3 Å². The highest BCUT2D eigenvalue weighted by molar-refractivity contribution is 7.15. The maximum atomic E-state index is 13.8. The Balaban J connectivity index is 1.50. The van der Waals surface area contributed by atoms with E-state index in [2.05, 4.69) is 21.9 Å². The molecule has 8 nitrogen and oxygen atoms in total. The summed E-state index contributed by atoms with van der Waals surface area (Å²) in [6.45, 7) is 9.87. The average Bonchev–Trinajstić information content (AvgIpc) is 3.42. The predicted molar refractivity (Wildman–Crippen MR) is 134 cm³/mol. The van der Waals surface area contributed by atoms with E-state index in [9.17, 15) is 14.0 Å². The van der Waals surface area contributed by atoms with Crippen molar-refractivity contribution < 1.29 is 9.18 Å². The first kappa shape index (κ1) is 23.4. The second kappa shape index (κ2) is 9.35. The molecule has 4 aromatic rings. The highest BCUT2D eigenvalue weighted by Crippen LogP contribution is 2.24. The number of aryl methyl sites for hydroxylation is 2. The van der Waals surface area contributed by atoms with Crippen LogP contribution in [0, 0.1) is 19.7 Å². The van der Waals surface area contributed by atoms with E-state index in [1.54, 1.807) is 29.8 Å². The summed E-state index contributed by atoms with van der Waals surface area (Å²) in [6.07, 6.45) is 0.146. The quantitative estimate of drug-likeness (QED) is 0.426. The van der Waals surface area contributed by atoms with E-state index in [-0.39, 0.29) is 23.7 Å². The van der Waals surface area contributed by atoms with Crippen molar-refractivity contribution in [1.82, 2.24) is 29.0 Å². The molecule has 0 unspecified atom stereocenters. The Morgan fingerprint density at radius 3 is 2.63 bits per heavy atom. The fourth-order valence-corrected chi connectivity index (χ4v) is 5.50. The first-order valence-corrected chi connectivity index (χ1v) is 12.6. The van der Waals surface area contributed by atoms with Crippen LogP contribution in [0.2, 0.25) is 0 Å². The van der Waals surface area contributed by atoms with Crippen LogP contribution < -0.4 is 5.56 Å². The Kier molecular flexibility index (Phi) is 6.24. The first-order valence-electron chi connectivity index (χ1n) is 11.7. The summed E-state index contributed by atoms with van der Waals surface area (Å²) < 4.78 is 16.9. The molecule has 1 aliphatic heterocycles. The molecule has 0 atom stereocenters. The molecule has 3 aromatic heterocycles. The molecule has 0 aliphatic carbocycles. The number of benzene rings is 1. The van der Waals surface area contributed by atoms with Crippen LogP contribution >= 0.6 is 11.3 Å². The van der Waals surface area contributed by atoms with Gasteiger partial charge in [0.15, 0.2) is 4.96 Å². The highest BCUT2D eigenvalue weighted by Gasteiger charge is 2.23. The van der Waals surface area contributed by atoms with Crippen LogP contribution in [0.1, 0.15) is 24.0 Å². The van der Waals surface area contributed by atoms with Crippen LogP contribution in [0.3, 0.4) is 0 Å². The number of carbonyl (C=O) groups is 1. The molecular weight excluding hydrogens is 467 g/mol. The summed E-state index contributed by atoms with van der Waals surface area (Å²) in [6, 6.07) is 7.95. The minimum atomic E-state index is -0.359. The van der Waals surface area contributed by atoms with Gasteiger partial charge >= 0.3 is 0 Å². The van der Waals surface area contributed by atoms with Gasteiger partial charge in [0.2, 0.25) is 5.91 Å². The third-order valence-corrected chi connectivity index (χ3v) is 7.40. The number of fused-ring (bicyclic) bond motifs is 1. The van der Waals surface area contributed by atoms with Crippen LogP contribution in [0.25, 0.3) is 21.9 Å². The summed E-state index contributed by atoms with van der Waals surface area (Å²) in [5.41, 5.74) is 3.13. The summed E-state index contributed by atoms with van der Waals surface area (Å²) in [7, 11) is 0. The Labute approximate surface area is 206 Å². The van der Waals surface area contributed by atoms with Crippen LogP contribution in [0.4, 0.5) is 4.39 Å². The molecule has 1 aliphatic rings. The maximum Gasteiger partial charge on any atom is 0.268 e. The third kappa shape index (κ3) is 4.39. The van der Waals surface area contributed by atoms with Gasteiger partial charge in [0.05, 0.1) is 23.4 Å². The lowest BCUT2D eigenvalue weighted by molar-refractivity contribution is -0.132. The summed E-state index contributed by atoms with van der Waals surface area (Å²) in [4.78, 5) is 36.0. The van der Waals surface area contributed by atoms with Gasteiger partial charge in [-0.1, -0.05) is 13.0 Å². The molecule has 182 valence electrons. The number of halogens is 1. The van der Waals surface area contributed by atoms with Crippen molar-refractivity contribution in [2.45, 2.75) is 27.2 Å². The lowest BCUT2D eigenvalue weighted by atomic mass is 10.1. The molecule has 0 spiro atoms. The average molecular weight is 495 g/mol. The van der Waals surface area contributed by atoms with E-state index in [1.165, 1.54) is 27.9 Å². The molecule has 35 heavy (non-hydrogen) atoms. The molecule has 1 saturated heterocycles. The number of amides is 1. The molecular formula is C25H27FN6O2S. The highest BCUT2D eigenvalue weighted by atomic mass is 32.1. The van der Waals surface area contributed by atoms with Gasteiger partial charge in [0.1, 0.15) is 11.5 Å². The van der Waals surface area contributed by atoms with Crippen molar-refractivity contribution in [2.75, 3.05) is 32.7 Å². The summed E-state index contributed by atoms with van der Waals surface area (Å²) >= 11 is 1.35. The minimum absolute atomic E-state index is 0.0145. The smallest absolute Gasteiger partial charge is 0.268 e. The SMILES string of the molecule is CCN1CCN(C(=O)Cc2csc3nc(C)c(-c4cc(C)n(-c5cccc(F)c5)n4)c(=O)n23)CC1. The number of thiazole rings is 1. The molecule has 10 heteroatoms. The third-order valence-electron chi connectivity index (χ3n) is 6.52. The normalized spacial score (nSPS) is 14.7. The van der Waals surface area contributed by atoms with Crippen LogP contribution in [0.5, 0.6) is 0 Å². The van der Waals surface area contributed by atoms with Crippen LogP contribution in [0.15, 0.2) is 40.5 Å². The van der Waals surface area contributed by atoms with E-state index in [1.807, 2.05) is 17.2 Å². The van der Waals surface area contributed by atoms with Crippen molar-refractivity contribution in [3.05, 3.63) is 69.0 Å². The topological polar surface area (TPSA) is 75.7 Å². The molecule has 0 N–H and O–H groups in total. The Bertz CT molecular complexity index is 1460. The van der Waals surface area contributed by atoms with Crippen molar-refractivity contribution >= 4 is 22.2 Å². The van der Waals surface area contributed by atoms with Gasteiger partial charge in [-0.25, -0.2) is 14.1 Å². The van der Waals surface area contributed by atoms with E-state index < -0.39 is 0 Å². The molecule has 0 bridgehead atoms. The lowest BCUT2D eigenvalue weighted by Crippen LogP contribution is -2.49. The van der Waals surface area contributed by atoms with Gasteiger partial charge in [-0.15, -0.1) is 11.3 Å². The Hall–Kier alpha value is -3.37. The van der Waals surface area contributed by atoms with Gasteiger partial charge < -0.3 is 9.80 Å². The van der Waals surface area contributed by atoms with Crippen LogP contribution in [-0.2, 0) is 11.2 Å². The van der Waals surface area contributed by atoms with Gasteiger partial charge in [-0.3, -0.25) is 14.0 Å². The van der Waals surface area contributed by atoms with E-state index in [0.29, 0.717) is 46.4 Å². The first-order chi connectivity index (χ1) is 16.9. The fraction of sp³-hybridized carbons (Fsp3) is 0.360. The largest absolute Gasteiger partial charge is 0.340 e. The molecule has 5 rings (SSSR count). The van der Waals surface area contributed by atoms with Gasteiger partial charge in [0.25, 0.3) is 5.56 Å². The second-order valence-electron chi connectivity index (χ2n) is 8.78. The number of rotatable bonds is 5. The monoisotopic (exact) mass is 494 g/mol. The number of piperazine rings is 1. The van der Waals surface area contributed by atoms with Gasteiger partial charge in [0, 0.05) is 42.9 Å². The van der Waals surface area contributed by atoms with E-state index >= 15 is 0 Å². The van der Waals surface area contributed by atoms with Crippen molar-refractivity contribution in [3.63, 3.8) is 0 Å². The fourth-order valence-electron chi connectivity index (χ4n) is 4.57. The van der Waals surface area contributed by atoms with Crippen LogP contribution in [-0.4, -0.2) is 67.6 Å². The number of aromatic nitrogens is 4. The van der Waals surface area contributed by atoms with Gasteiger partial charge in [-0.05, 0) is 44.7 Å². The zero-order valence-electron chi connectivity index (χ0n) is 20.0. The second-order valence-corrected chi connectivity index (χ2v) is 9.61. The number of carbonyl (C=O) groups excluding carboxylic acids is 1. The zero-order chi connectivity index (χ0) is 24.7. The Morgan fingerprint density at radius 1 is 1.14 bits per heavy atom. The van der Waals surface area contributed by atoms with Gasteiger partial charge in [-0.2, -0.15) is 5.10 Å².